The highest BCUT2D eigenvalue weighted by Crippen LogP contribution is 2.19. The minimum absolute atomic E-state index is 0.811. The highest BCUT2D eigenvalue weighted by atomic mass is 14.9. The maximum atomic E-state index is 3.51. The summed E-state index contributed by atoms with van der Waals surface area (Å²) in [5, 5.41) is 3.51. The van der Waals surface area contributed by atoms with E-state index in [1.807, 2.05) is 0 Å². The van der Waals surface area contributed by atoms with Crippen molar-refractivity contribution in [2.24, 2.45) is 0 Å². The van der Waals surface area contributed by atoms with Gasteiger partial charge in [-0.2, -0.15) is 0 Å². The van der Waals surface area contributed by atoms with Crippen LogP contribution >= 0.6 is 0 Å². The lowest BCUT2D eigenvalue weighted by Crippen LogP contribution is -2.15. The van der Waals surface area contributed by atoms with Crippen LogP contribution in [0.1, 0.15) is 30.9 Å². The molecule has 1 aromatic carbocycles. The van der Waals surface area contributed by atoms with E-state index < -0.39 is 0 Å². The molecule has 0 unspecified atom stereocenters. The molecule has 1 saturated carbocycles. The van der Waals surface area contributed by atoms with Crippen molar-refractivity contribution in [1.82, 2.24) is 5.32 Å². The molecule has 1 aliphatic rings. The van der Waals surface area contributed by atoms with Crippen LogP contribution in [0.3, 0.4) is 0 Å². The quantitative estimate of drug-likeness (QED) is 0.741. The number of hydrogen-bond acceptors (Lipinski definition) is 1. The molecule has 13 heavy (non-hydrogen) atoms. The van der Waals surface area contributed by atoms with Crippen molar-refractivity contribution in [2.75, 3.05) is 0 Å². The molecular weight excluding hydrogens is 158 g/mol. The van der Waals surface area contributed by atoms with E-state index in [0.717, 1.165) is 19.0 Å². The Morgan fingerprint density at radius 2 is 1.77 bits per heavy atom. The maximum absolute atomic E-state index is 3.51. The summed E-state index contributed by atoms with van der Waals surface area (Å²) < 4.78 is 0. The van der Waals surface area contributed by atoms with E-state index in [2.05, 4.69) is 36.5 Å². The van der Waals surface area contributed by atoms with E-state index in [0.29, 0.717) is 0 Å². The van der Waals surface area contributed by atoms with E-state index in [-0.39, 0.29) is 0 Å². The average Bonchev–Trinajstić information content (AvgIpc) is 2.99. The van der Waals surface area contributed by atoms with Gasteiger partial charge in [0, 0.05) is 12.6 Å². The van der Waals surface area contributed by atoms with Crippen LogP contribution in [0.2, 0.25) is 0 Å². The summed E-state index contributed by atoms with van der Waals surface area (Å²) in [5.41, 5.74) is 2.83. The Kier molecular flexibility index (Phi) is 2.65. The van der Waals surface area contributed by atoms with Crippen LogP contribution in [0.4, 0.5) is 0 Å². The van der Waals surface area contributed by atoms with Gasteiger partial charge in [0.2, 0.25) is 0 Å². The fourth-order valence-corrected chi connectivity index (χ4v) is 1.44. The second-order valence-electron chi connectivity index (χ2n) is 3.83. The van der Waals surface area contributed by atoms with E-state index in [1.54, 1.807) is 0 Å². The minimum Gasteiger partial charge on any atom is -0.310 e. The molecule has 1 aliphatic carbocycles. The Bertz CT molecular complexity index is 259. The van der Waals surface area contributed by atoms with Crippen LogP contribution in [-0.4, -0.2) is 6.04 Å². The Balaban J connectivity index is 1.88. The average molecular weight is 175 g/mol. The number of nitrogens with one attached hydrogen (secondary N) is 1. The van der Waals surface area contributed by atoms with Crippen molar-refractivity contribution >= 4 is 0 Å². The predicted octanol–water partition coefficient (Wildman–Crippen LogP) is 2.50. The first-order valence-electron chi connectivity index (χ1n) is 5.19. The van der Waals surface area contributed by atoms with Crippen LogP contribution in [0, 0.1) is 0 Å². The molecule has 2 rings (SSSR count). The van der Waals surface area contributed by atoms with Crippen molar-refractivity contribution < 1.29 is 0 Å². The van der Waals surface area contributed by atoms with Gasteiger partial charge >= 0.3 is 0 Å². The highest BCUT2D eigenvalue weighted by Gasteiger charge is 2.19. The molecule has 0 amide bonds. The zero-order chi connectivity index (χ0) is 9.10. The highest BCUT2D eigenvalue weighted by molar-refractivity contribution is 5.22. The monoisotopic (exact) mass is 175 g/mol. The third-order valence-electron chi connectivity index (χ3n) is 2.60. The van der Waals surface area contributed by atoms with Crippen molar-refractivity contribution in [3.05, 3.63) is 35.4 Å². The van der Waals surface area contributed by atoms with Crippen LogP contribution in [0.5, 0.6) is 0 Å². The number of aryl methyl sites for hydroxylation is 1. The fraction of sp³-hybridized carbons (Fsp3) is 0.500. The molecule has 0 spiro atoms. The van der Waals surface area contributed by atoms with Crippen LogP contribution in [0.15, 0.2) is 24.3 Å². The van der Waals surface area contributed by atoms with Gasteiger partial charge in [-0.1, -0.05) is 31.2 Å². The first kappa shape index (κ1) is 8.76. The molecule has 1 N–H and O–H groups in total. The zero-order valence-electron chi connectivity index (χ0n) is 8.22. The second kappa shape index (κ2) is 3.93. The van der Waals surface area contributed by atoms with Gasteiger partial charge in [0.1, 0.15) is 0 Å². The van der Waals surface area contributed by atoms with Gasteiger partial charge in [0.05, 0.1) is 0 Å². The molecule has 0 bridgehead atoms. The largest absolute Gasteiger partial charge is 0.310 e. The molecule has 70 valence electrons. The topological polar surface area (TPSA) is 12.0 Å². The summed E-state index contributed by atoms with van der Waals surface area (Å²) in [4.78, 5) is 0. The molecule has 1 nitrogen and oxygen atoms in total. The summed E-state index contributed by atoms with van der Waals surface area (Å²) in [6.45, 7) is 3.23. The van der Waals surface area contributed by atoms with E-state index in [9.17, 15) is 0 Å². The van der Waals surface area contributed by atoms with Crippen LogP contribution < -0.4 is 5.32 Å². The van der Waals surface area contributed by atoms with Crippen LogP contribution in [-0.2, 0) is 13.0 Å². The van der Waals surface area contributed by atoms with E-state index in [1.165, 1.54) is 24.0 Å². The third-order valence-corrected chi connectivity index (χ3v) is 2.60. The Morgan fingerprint density at radius 3 is 2.31 bits per heavy atom. The standard InChI is InChI=1S/C12H17N/c1-2-10-3-5-11(6-4-10)9-13-12-7-8-12/h3-6,12-13H,2,7-9H2,1H3. The van der Waals surface area contributed by atoms with Gasteiger partial charge in [-0.3, -0.25) is 0 Å². The number of benzene rings is 1. The number of rotatable bonds is 4. The summed E-state index contributed by atoms with van der Waals surface area (Å²) in [6.07, 6.45) is 3.87. The van der Waals surface area contributed by atoms with Gasteiger partial charge < -0.3 is 5.32 Å². The first-order chi connectivity index (χ1) is 6.38. The molecule has 1 heteroatoms. The summed E-state index contributed by atoms with van der Waals surface area (Å²) in [6, 6.07) is 9.72. The summed E-state index contributed by atoms with van der Waals surface area (Å²) in [7, 11) is 0. The lowest BCUT2D eigenvalue weighted by atomic mass is 10.1. The Labute approximate surface area is 80.2 Å². The Morgan fingerprint density at radius 1 is 1.15 bits per heavy atom. The number of hydrogen-bond donors (Lipinski definition) is 1. The fourth-order valence-electron chi connectivity index (χ4n) is 1.44. The molecular formula is C12H17N. The molecule has 0 heterocycles. The van der Waals surface area contributed by atoms with Crippen molar-refractivity contribution in [2.45, 2.75) is 38.8 Å². The van der Waals surface area contributed by atoms with Gasteiger partial charge in [0.15, 0.2) is 0 Å². The maximum Gasteiger partial charge on any atom is 0.0208 e. The van der Waals surface area contributed by atoms with Gasteiger partial charge in [0.25, 0.3) is 0 Å². The minimum atomic E-state index is 0.811. The summed E-state index contributed by atoms with van der Waals surface area (Å²) >= 11 is 0. The summed E-state index contributed by atoms with van der Waals surface area (Å²) in [5.74, 6) is 0. The van der Waals surface area contributed by atoms with Crippen molar-refractivity contribution in [1.29, 1.82) is 0 Å². The SMILES string of the molecule is CCc1ccc(CNC2CC2)cc1. The molecule has 0 radical (unpaired) electrons. The molecule has 1 aromatic rings. The third kappa shape index (κ3) is 2.56. The van der Waals surface area contributed by atoms with Gasteiger partial charge in [-0.25, -0.2) is 0 Å². The Hall–Kier alpha value is -0.820. The normalized spacial score (nSPS) is 16.1. The molecule has 0 saturated heterocycles. The van der Waals surface area contributed by atoms with Crippen molar-refractivity contribution in [3.8, 4) is 0 Å². The van der Waals surface area contributed by atoms with E-state index in [4.69, 9.17) is 0 Å². The molecule has 0 atom stereocenters. The smallest absolute Gasteiger partial charge is 0.0208 e. The van der Waals surface area contributed by atoms with Crippen LogP contribution in [0.25, 0.3) is 0 Å². The van der Waals surface area contributed by atoms with E-state index >= 15 is 0 Å². The lowest BCUT2D eigenvalue weighted by molar-refractivity contribution is 0.687. The van der Waals surface area contributed by atoms with Gasteiger partial charge in [-0.15, -0.1) is 0 Å². The van der Waals surface area contributed by atoms with Crippen molar-refractivity contribution in [3.63, 3.8) is 0 Å². The van der Waals surface area contributed by atoms with Gasteiger partial charge in [-0.05, 0) is 30.4 Å². The predicted molar refractivity (Wildman–Crippen MR) is 55.7 cm³/mol. The molecule has 0 aliphatic heterocycles. The second-order valence-corrected chi connectivity index (χ2v) is 3.83. The molecule has 1 fully saturated rings. The first-order valence-corrected chi connectivity index (χ1v) is 5.19. The zero-order valence-corrected chi connectivity index (χ0v) is 8.22. The lowest BCUT2D eigenvalue weighted by Gasteiger charge is -2.03. The molecule has 0 aromatic heterocycles.